The second-order valence-electron chi connectivity index (χ2n) is 3.68. The maximum Gasteiger partial charge on any atom is 0.142 e. The molecule has 4 heteroatoms. The van der Waals surface area contributed by atoms with Crippen LogP contribution in [0.4, 0.5) is 10.2 Å². The zero-order valence-corrected chi connectivity index (χ0v) is 8.36. The maximum absolute atomic E-state index is 13.2. The van der Waals surface area contributed by atoms with Crippen LogP contribution in [0.1, 0.15) is 18.5 Å². The van der Waals surface area contributed by atoms with Crippen LogP contribution in [-0.4, -0.2) is 24.2 Å². The number of nitrogens with zero attached hydrogens (tertiary/aromatic N) is 3. The molecule has 3 nitrogen and oxygen atoms in total. The molecule has 78 valence electrons. The Balaban J connectivity index is 2.18. The first-order valence-corrected chi connectivity index (χ1v) is 5.06. The molecule has 1 atom stereocenters. The third-order valence-corrected chi connectivity index (χ3v) is 2.54. The first kappa shape index (κ1) is 9.91. The Morgan fingerprint density at radius 2 is 2.40 bits per heavy atom. The molecule has 0 aliphatic carbocycles. The largest absolute Gasteiger partial charge is 0.354 e. The van der Waals surface area contributed by atoms with Crippen molar-refractivity contribution in [3.05, 3.63) is 23.9 Å². The fourth-order valence-electron chi connectivity index (χ4n) is 1.80. The van der Waals surface area contributed by atoms with Gasteiger partial charge in [0.2, 0.25) is 0 Å². The van der Waals surface area contributed by atoms with Crippen molar-refractivity contribution in [3.63, 3.8) is 0 Å². The summed E-state index contributed by atoms with van der Waals surface area (Å²) in [4.78, 5) is 6.05. The summed E-state index contributed by atoms with van der Waals surface area (Å²) in [6.45, 7) is 1.21. The van der Waals surface area contributed by atoms with Gasteiger partial charge >= 0.3 is 0 Å². The summed E-state index contributed by atoms with van der Waals surface area (Å²) in [5, 5.41) is 8.71. The van der Waals surface area contributed by atoms with Gasteiger partial charge in [0.15, 0.2) is 0 Å². The van der Waals surface area contributed by atoms with Gasteiger partial charge in [-0.25, -0.2) is 9.37 Å². The Bertz CT molecular complexity index is 386. The van der Waals surface area contributed by atoms with E-state index in [2.05, 4.69) is 4.98 Å². The molecule has 0 aromatic carbocycles. The quantitative estimate of drug-likeness (QED) is 0.702. The van der Waals surface area contributed by atoms with Crippen molar-refractivity contribution in [1.29, 1.82) is 5.26 Å². The highest BCUT2D eigenvalue weighted by molar-refractivity contribution is 5.42. The molecule has 2 heterocycles. The molecule has 1 aromatic rings. The Morgan fingerprint density at radius 3 is 3.13 bits per heavy atom. The van der Waals surface area contributed by atoms with Crippen molar-refractivity contribution in [3.8, 4) is 6.07 Å². The lowest BCUT2D eigenvalue weighted by Crippen LogP contribution is -2.36. The van der Waals surface area contributed by atoms with Crippen LogP contribution in [0.2, 0.25) is 0 Å². The summed E-state index contributed by atoms with van der Waals surface area (Å²) in [5.41, 5.74) is 0.383. The standard InChI is InChI=1S/C11H12FN3/c12-9-3-2-6-15(8-9)11-5-1-4-10(7-13)14-11/h1,4-5,9H,2-3,6,8H2. The van der Waals surface area contributed by atoms with Crippen LogP contribution < -0.4 is 4.90 Å². The summed E-state index contributed by atoms with van der Waals surface area (Å²) in [6, 6.07) is 7.24. The molecule has 0 radical (unpaired) electrons. The van der Waals surface area contributed by atoms with E-state index in [4.69, 9.17) is 5.26 Å². The second kappa shape index (κ2) is 4.26. The zero-order chi connectivity index (χ0) is 10.7. The summed E-state index contributed by atoms with van der Waals surface area (Å²) in [7, 11) is 0. The van der Waals surface area contributed by atoms with Gasteiger partial charge < -0.3 is 4.90 Å². The highest BCUT2D eigenvalue weighted by Crippen LogP contribution is 2.19. The lowest BCUT2D eigenvalue weighted by Gasteiger charge is -2.29. The van der Waals surface area contributed by atoms with E-state index in [0.717, 1.165) is 13.0 Å². The number of nitriles is 1. The van der Waals surface area contributed by atoms with Crippen molar-refractivity contribution in [2.45, 2.75) is 19.0 Å². The van der Waals surface area contributed by atoms with Crippen LogP contribution in [0.5, 0.6) is 0 Å². The number of piperidine rings is 1. The third-order valence-electron chi connectivity index (χ3n) is 2.54. The molecule has 0 bridgehead atoms. The number of pyridine rings is 1. The van der Waals surface area contributed by atoms with E-state index in [1.165, 1.54) is 0 Å². The second-order valence-corrected chi connectivity index (χ2v) is 3.68. The Kier molecular flexibility index (Phi) is 2.82. The molecule has 1 aliphatic heterocycles. The van der Waals surface area contributed by atoms with Gasteiger partial charge in [0.05, 0.1) is 6.54 Å². The van der Waals surface area contributed by atoms with E-state index in [-0.39, 0.29) is 0 Å². The number of alkyl halides is 1. The fourth-order valence-corrected chi connectivity index (χ4v) is 1.80. The third kappa shape index (κ3) is 2.24. The molecule has 15 heavy (non-hydrogen) atoms. The molecule has 1 saturated heterocycles. The first-order valence-electron chi connectivity index (χ1n) is 5.06. The average Bonchev–Trinajstić information content (AvgIpc) is 2.29. The highest BCUT2D eigenvalue weighted by atomic mass is 19.1. The van der Waals surface area contributed by atoms with E-state index in [1.807, 2.05) is 17.0 Å². The average molecular weight is 205 g/mol. The molecule has 2 rings (SSSR count). The van der Waals surface area contributed by atoms with Crippen molar-refractivity contribution < 1.29 is 4.39 Å². The van der Waals surface area contributed by atoms with E-state index >= 15 is 0 Å². The summed E-state index contributed by atoms with van der Waals surface area (Å²) >= 11 is 0. The van der Waals surface area contributed by atoms with Gasteiger partial charge in [-0.1, -0.05) is 6.07 Å². The van der Waals surface area contributed by atoms with Crippen molar-refractivity contribution in [2.24, 2.45) is 0 Å². The summed E-state index contributed by atoms with van der Waals surface area (Å²) in [6.07, 6.45) is 0.708. The van der Waals surface area contributed by atoms with Crippen molar-refractivity contribution in [2.75, 3.05) is 18.0 Å². The van der Waals surface area contributed by atoms with Crippen LogP contribution in [-0.2, 0) is 0 Å². The number of hydrogen-bond acceptors (Lipinski definition) is 3. The number of hydrogen-bond donors (Lipinski definition) is 0. The molecule has 1 unspecified atom stereocenters. The predicted octanol–water partition coefficient (Wildman–Crippen LogP) is 1.89. The number of halogens is 1. The van der Waals surface area contributed by atoms with E-state index < -0.39 is 6.17 Å². The Labute approximate surface area is 88.2 Å². The first-order chi connectivity index (χ1) is 7.29. The van der Waals surface area contributed by atoms with Crippen LogP contribution >= 0.6 is 0 Å². The minimum Gasteiger partial charge on any atom is -0.354 e. The Hall–Kier alpha value is -1.63. The molecule has 0 spiro atoms. The van der Waals surface area contributed by atoms with Crippen LogP contribution in [0.25, 0.3) is 0 Å². The van der Waals surface area contributed by atoms with Gasteiger partial charge in [-0.15, -0.1) is 0 Å². The number of aromatic nitrogens is 1. The van der Waals surface area contributed by atoms with Gasteiger partial charge in [0.25, 0.3) is 0 Å². The molecule has 1 fully saturated rings. The molecular weight excluding hydrogens is 193 g/mol. The molecule has 1 aliphatic rings. The van der Waals surface area contributed by atoms with E-state index in [9.17, 15) is 4.39 Å². The van der Waals surface area contributed by atoms with Crippen molar-refractivity contribution >= 4 is 5.82 Å². The Morgan fingerprint density at radius 1 is 1.53 bits per heavy atom. The fraction of sp³-hybridized carbons (Fsp3) is 0.455. The van der Waals surface area contributed by atoms with Gasteiger partial charge in [-0.2, -0.15) is 5.26 Å². The van der Waals surface area contributed by atoms with E-state index in [1.54, 1.807) is 12.1 Å². The normalized spacial score (nSPS) is 21.1. The van der Waals surface area contributed by atoms with Gasteiger partial charge in [-0.3, -0.25) is 0 Å². The van der Waals surface area contributed by atoms with Gasteiger partial charge in [0, 0.05) is 6.54 Å². The molecular formula is C11H12FN3. The van der Waals surface area contributed by atoms with Crippen LogP contribution in [0, 0.1) is 11.3 Å². The smallest absolute Gasteiger partial charge is 0.142 e. The number of anilines is 1. The lowest BCUT2D eigenvalue weighted by molar-refractivity contribution is 0.286. The molecule has 0 saturated carbocycles. The molecule has 0 N–H and O–H groups in total. The highest BCUT2D eigenvalue weighted by Gasteiger charge is 2.20. The summed E-state index contributed by atoms with van der Waals surface area (Å²) < 4.78 is 13.2. The maximum atomic E-state index is 13.2. The van der Waals surface area contributed by atoms with Crippen LogP contribution in [0.3, 0.4) is 0 Å². The lowest BCUT2D eigenvalue weighted by atomic mass is 10.1. The SMILES string of the molecule is N#Cc1cccc(N2CCCC(F)C2)n1. The van der Waals surface area contributed by atoms with Crippen LogP contribution in [0.15, 0.2) is 18.2 Å². The predicted molar refractivity (Wildman–Crippen MR) is 55.3 cm³/mol. The minimum atomic E-state index is -0.772. The number of rotatable bonds is 1. The minimum absolute atomic E-state index is 0.383. The molecule has 1 aromatic heterocycles. The molecule has 0 amide bonds. The zero-order valence-electron chi connectivity index (χ0n) is 8.36. The monoisotopic (exact) mass is 205 g/mol. The topological polar surface area (TPSA) is 39.9 Å². The van der Waals surface area contributed by atoms with Crippen molar-refractivity contribution in [1.82, 2.24) is 4.98 Å². The van der Waals surface area contributed by atoms with Gasteiger partial charge in [0.1, 0.15) is 23.8 Å². The van der Waals surface area contributed by atoms with E-state index in [0.29, 0.717) is 24.5 Å². The summed E-state index contributed by atoms with van der Waals surface area (Å²) in [5.74, 6) is 0.705. The van der Waals surface area contributed by atoms with Gasteiger partial charge in [-0.05, 0) is 25.0 Å².